The van der Waals surface area contributed by atoms with Crippen molar-refractivity contribution in [1.29, 1.82) is 0 Å². The van der Waals surface area contributed by atoms with Crippen molar-refractivity contribution in [1.82, 2.24) is 0 Å². The number of ketones is 2. The summed E-state index contributed by atoms with van der Waals surface area (Å²) < 4.78 is 0. The van der Waals surface area contributed by atoms with Gasteiger partial charge in [-0.15, -0.1) is 0 Å². The highest BCUT2D eigenvalue weighted by Crippen LogP contribution is 2.40. The summed E-state index contributed by atoms with van der Waals surface area (Å²) in [6.07, 6.45) is 0. The number of rotatable bonds is 2. The van der Waals surface area contributed by atoms with E-state index < -0.39 is 0 Å². The Morgan fingerprint density at radius 2 is 1.35 bits per heavy atom. The van der Waals surface area contributed by atoms with Gasteiger partial charge in [-0.3, -0.25) is 9.59 Å². The number of benzene rings is 3. The molecule has 0 aliphatic heterocycles. The molecule has 0 saturated carbocycles. The second-order valence-electron chi connectivity index (χ2n) is 6.25. The molecule has 0 unspecified atom stereocenters. The normalized spacial score (nSPS) is 12.7. The maximum Gasteiger partial charge on any atom is 0.197 e. The van der Waals surface area contributed by atoms with Gasteiger partial charge in [0.25, 0.3) is 0 Å². The van der Waals surface area contributed by atoms with Crippen LogP contribution >= 0.6 is 11.8 Å². The minimum Gasteiger partial charge on any atom is -0.398 e. The highest BCUT2D eigenvalue weighted by atomic mass is 32.2. The SMILES string of the molecule is Cc1ccc(Sc2cccc3c2C(=O)c2c(N)ccc(N)c2C3=O)cc1. The zero-order valence-corrected chi connectivity index (χ0v) is 14.9. The summed E-state index contributed by atoms with van der Waals surface area (Å²) in [7, 11) is 0. The molecule has 0 heterocycles. The van der Waals surface area contributed by atoms with Crippen molar-refractivity contribution in [3.63, 3.8) is 0 Å². The lowest BCUT2D eigenvalue weighted by atomic mass is 9.82. The predicted octanol–water partition coefficient (Wildman–Crippen LogP) is 4.09. The molecule has 128 valence electrons. The Morgan fingerprint density at radius 1 is 0.731 bits per heavy atom. The van der Waals surface area contributed by atoms with Crippen LogP contribution in [0.25, 0.3) is 0 Å². The molecule has 4 nitrogen and oxygen atoms in total. The van der Waals surface area contributed by atoms with E-state index in [2.05, 4.69) is 0 Å². The number of hydrogen-bond acceptors (Lipinski definition) is 5. The van der Waals surface area contributed by atoms with Gasteiger partial charge in [0.1, 0.15) is 0 Å². The van der Waals surface area contributed by atoms with E-state index in [4.69, 9.17) is 11.5 Å². The van der Waals surface area contributed by atoms with Gasteiger partial charge in [0.05, 0.1) is 11.1 Å². The Kier molecular flexibility index (Phi) is 3.81. The van der Waals surface area contributed by atoms with Crippen molar-refractivity contribution in [3.8, 4) is 0 Å². The monoisotopic (exact) mass is 360 g/mol. The van der Waals surface area contributed by atoms with E-state index in [-0.39, 0.29) is 34.1 Å². The molecule has 4 N–H and O–H groups in total. The van der Waals surface area contributed by atoms with Crippen molar-refractivity contribution in [2.24, 2.45) is 0 Å². The number of nitrogen functional groups attached to an aromatic ring is 2. The molecule has 0 atom stereocenters. The summed E-state index contributed by atoms with van der Waals surface area (Å²) in [4.78, 5) is 27.9. The molecule has 0 radical (unpaired) electrons. The summed E-state index contributed by atoms with van der Waals surface area (Å²) in [5.74, 6) is -0.514. The van der Waals surface area contributed by atoms with Gasteiger partial charge in [0, 0.05) is 32.3 Å². The van der Waals surface area contributed by atoms with Gasteiger partial charge in [-0.1, -0.05) is 41.6 Å². The topological polar surface area (TPSA) is 86.2 Å². The van der Waals surface area contributed by atoms with Crippen molar-refractivity contribution >= 4 is 34.7 Å². The van der Waals surface area contributed by atoms with E-state index in [1.807, 2.05) is 37.3 Å². The third-order valence-corrected chi connectivity index (χ3v) is 5.54. The van der Waals surface area contributed by atoms with E-state index >= 15 is 0 Å². The number of anilines is 2. The first-order valence-corrected chi connectivity index (χ1v) is 8.94. The van der Waals surface area contributed by atoms with Crippen LogP contribution in [0.3, 0.4) is 0 Å². The van der Waals surface area contributed by atoms with Gasteiger partial charge in [0.2, 0.25) is 0 Å². The molecule has 3 aromatic rings. The fourth-order valence-corrected chi connectivity index (χ4v) is 4.13. The summed E-state index contributed by atoms with van der Waals surface area (Å²) in [6.45, 7) is 2.02. The molecule has 5 heteroatoms. The van der Waals surface area contributed by atoms with Gasteiger partial charge < -0.3 is 11.5 Å². The fraction of sp³-hybridized carbons (Fsp3) is 0.0476. The Bertz CT molecular complexity index is 1070. The minimum atomic E-state index is -0.259. The lowest BCUT2D eigenvalue weighted by Crippen LogP contribution is -2.24. The van der Waals surface area contributed by atoms with E-state index in [9.17, 15) is 9.59 Å². The lowest BCUT2D eigenvalue weighted by molar-refractivity contribution is 0.0978. The Labute approximate surface area is 155 Å². The number of fused-ring (bicyclic) bond motifs is 2. The highest BCUT2D eigenvalue weighted by Gasteiger charge is 2.34. The first kappa shape index (κ1) is 16.4. The van der Waals surface area contributed by atoms with Crippen LogP contribution in [0.15, 0.2) is 64.4 Å². The van der Waals surface area contributed by atoms with Gasteiger partial charge in [-0.25, -0.2) is 0 Å². The van der Waals surface area contributed by atoms with Crippen molar-refractivity contribution in [3.05, 3.63) is 82.4 Å². The highest BCUT2D eigenvalue weighted by molar-refractivity contribution is 7.99. The third-order valence-electron chi connectivity index (χ3n) is 4.47. The fourth-order valence-electron chi connectivity index (χ4n) is 3.16. The first-order valence-electron chi connectivity index (χ1n) is 8.12. The maximum atomic E-state index is 13.2. The van der Waals surface area contributed by atoms with Crippen molar-refractivity contribution in [2.45, 2.75) is 16.7 Å². The molecule has 0 fully saturated rings. The molecule has 0 spiro atoms. The molecule has 0 bridgehead atoms. The summed E-state index contributed by atoms with van der Waals surface area (Å²) in [5, 5.41) is 0. The number of nitrogens with two attached hydrogens (primary N) is 2. The maximum absolute atomic E-state index is 13.2. The largest absolute Gasteiger partial charge is 0.398 e. The van der Waals surface area contributed by atoms with Gasteiger partial charge in [-0.05, 0) is 37.3 Å². The second kappa shape index (κ2) is 6.04. The Morgan fingerprint density at radius 3 is 2.00 bits per heavy atom. The average molecular weight is 360 g/mol. The van der Waals surface area contributed by atoms with Crippen LogP contribution in [0.4, 0.5) is 11.4 Å². The van der Waals surface area contributed by atoms with E-state index in [0.29, 0.717) is 11.1 Å². The second-order valence-corrected chi connectivity index (χ2v) is 7.36. The minimum absolute atomic E-state index is 0.208. The quantitative estimate of drug-likeness (QED) is 0.526. The molecule has 4 rings (SSSR count). The molecule has 0 saturated heterocycles. The molecule has 3 aromatic carbocycles. The summed E-state index contributed by atoms with van der Waals surface area (Å²) in [6, 6.07) is 16.5. The predicted molar refractivity (Wildman–Crippen MR) is 104 cm³/mol. The number of carbonyl (C=O) groups excluding carboxylic acids is 2. The molecule has 1 aliphatic carbocycles. The molecule has 0 amide bonds. The number of hydrogen-bond donors (Lipinski definition) is 2. The summed E-state index contributed by atoms with van der Waals surface area (Å²) in [5.41, 5.74) is 14.9. The van der Waals surface area contributed by atoms with Crippen LogP contribution in [0, 0.1) is 6.92 Å². The molecular formula is C21H16N2O2S. The zero-order valence-electron chi connectivity index (χ0n) is 14.1. The molecule has 0 aromatic heterocycles. The molecular weight excluding hydrogens is 344 g/mol. The van der Waals surface area contributed by atoms with Crippen LogP contribution in [-0.2, 0) is 0 Å². The Hall–Kier alpha value is -3.05. The van der Waals surface area contributed by atoms with Gasteiger partial charge in [0.15, 0.2) is 11.6 Å². The van der Waals surface area contributed by atoms with Crippen LogP contribution in [0.2, 0.25) is 0 Å². The summed E-state index contributed by atoms with van der Waals surface area (Å²) >= 11 is 1.46. The van der Waals surface area contributed by atoms with E-state index in [1.54, 1.807) is 24.3 Å². The van der Waals surface area contributed by atoms with Gasteiger partial charge >= 0.3 is 0 Å². The molecule has 1 aliphatic rings. The van der Waals surface area contributed by atoms with Crippen LogP contribution in [0.5, 0.6) is 0 Å². The van der Waals surface area contributed by atoms with E-state index in [1.165, 1.54) is 11.8 Å². The smallest absolute Gasteiger partial charge is 0.197 e. The van der Waals surface area contributed by atoms with Crippen LogP contribution in [-0.4, -0.2) is 11.6 Å². The molecule has 26 heavy (non-hydrogen) atoms. The van der Waals surface area contributed by atoms with Crippen LogP contribution in [0.1, 0.15) is 37.4 Å². The van der Waals surface area contributed by atoms with Crippen LogP contribution < -0.4 is 11.5 Å². The zero-order chi connectivity index (χ0) is 18.4. The van der Waals surface area contributed by atoms with Crippen molar-refractivity contribution in [2.75, 3.05) is 11.5 Å². The van der Waals surface area contributed by atoms with Gasteiger partial charge in [-0.2, -0.15) is 0 Å². The van der Waals surface area contributed by atoms with E-state index in [0.717, 1.165) is 15.4 Å². The number of aryl methyl sites for hydroxylation is 1. The Balaban J connectivity index is 1.88. The first-order chi connectivity index (χ1) is 12.5. The average Bonchev–Trinajstić information content (AvgIpc) is 2.63. The van der Waals surface area contributed by atoms with Crippen molar-refractivity contribution < 1.29 is 9.59 Å². The lowest BCUT2D eigenvalue weighted by Gasteiger charge is -2.22. The standard InChI is InChI=1S/C21H16N2O2S/c1-11-5-7-12(8-6-11)26-16-4-2-3-13-17(16)21(25)19-15(23)10-9-14(22)18(19)20(13)24/h2-10H,22-23H2,1H3. The number of carbonyl (C=O) groups is 2. The third kappa shape index (κ3) is 2.48.